The van der Waals surface area contributed by atoms with E-state index in [4.69, 9.17) is 9.47 Å². The van der Waals surface area contributed by atoms with Gasteiger partial charge in [0.25, 0.3) is 0 Å². The number of hydrogen-bond donors (Lipinski definition) is 0. The van der Waals surface area contributed by atoms with Gasteiger partial charge in [0.15, 0.2) is 0 Å². The van der Waals surface area contributed by atoms with E-state index in [-0.39, 0.29) is 0 Å². The minimum atomic E-state index is 0.643. The van der Waals surface area contributed by atoms with E-state index < -0.39 is 0 Å². The van der Waals surface area contributed by atoms with Crippen LogP contribution in [-0.4, -0.2) is 32.1 Å². The maximum atomic E-state index is 6.23. The highest BCUT2D eigenvalue weighted by atomic mass is 32.1. The normalized spacial score (nSPS) is 12.1. The van der Waals surface area contributed by atoms with E-state index in [1.165, 1.54) is 16.0 Å². The Labute approximate surface area is 158 Å². The van der Waals surface area contributed by atoms with Crippen LogP contribution in [0, 0.1) is 0 Å². The first kappa shape index (κ1) is 17.3. The molecular formula is C22H23NO2S. The summed E-state index contributed by atoms with van der Waals surface area (Å²) in [6, 6.07) is 16.5. The zero-order valence-electron chi connectivity index (χ0n) is 15.2. The Kier molecular flexibility index (Phi) is 5.07. The van der Waals surface area contributed by atoms with Crippen molar-refractivity contribution in [2.24, 2.45) is 0 Å². The highest BCUT2D eigenvalue weighted by Crippen LogP contribution is 2.50. The number of para-hydroxylation sites is 2. The molecule has 3 nitrogen and oxygen atoms in total. The van der Waals surface area contributed by atoms with Crippen molar-refractivity contribution in [2.45, 2.75) is 13.0 Å². The second-order valence-corrected chi connectivity index (χ2v) is 7.72. The summed E-state index contributed by atoms with van der Waals surface area (Å²) in [7, 11) is 4.18. The summed E-state index contributed by atoms with van der Waals surface area (Å²) in [5.41, 5.74) is 4.78. The number of ether oxygens (including phenoxy) is 2. The van der Waals surface area contributed by atoms with Gasteiger partial charge in [0, 0.05) is 33.7 Å². The summed E-state index contributed by atoms with van der Waals surface area (Å²) in [4.78, 5) is 3.45. The van der Waals surface area contributed by atoms with Crippen LogP contribution in [0.4, 0.5) is 0 Å². The highest BCUT2D eigenvalue weighted by molar-refractivity contribution is 7.11. The molecule has 1 aliphatic rings. The minimum absolute atomic E-state index is 0.643. The van der Waals surface area contributed by atoms with Gasteiger partial charge >= 0.3 is 0 Å². The third kappa shape index (κ3) is 3.40. The molecule has 0 aliphatic carbocycles. The van der Waals surface area contributed by atoms with Crippen LogP contribution in [0.1, 0.15) is 11.3 Å². The van der Waals surface area contributed by atoms with Crippen LogP contribution >= 0.6 is 11.3 Å². The molecule has 0 fully saturated rings. The van der Waals surface area contributed by atoms with Gasteiger partial charge in [0.05, 0.1) is 6.61 Å². The van der Waals surface area contributed by atoms with Crippen molar-refractivity contribution in [3.63, 3.8) is 0 Å². The van der Waals surface area contributed by atoms with Gasteiger partial charge in [-0.25, -0.2) is 0 Å². The van der Waals surface area contributed by atoms with E-state index >= 15 is 0 Å². The zero-order chi connectivity index (χ0) is 17.9. The Balaban J connectivity index is 1.67. The van der Waals surface area contributed by atoms with Gasteiger partial charge in [0.1, 0.15) is 11.5 Å². The van der Waals surface area contributed by atoms with Crippen molar-refractivity contribution in [3.8, 4) is 33.8 Å². The van der Waals surface area contributed by atoms with Crippen LogP contribution in [0.15, 0.2) is 53.9 Å². The van der Waals surface area contributed by atoms with Crippen molar-refractivity contribution in [1.82, 2.24) is 4.90 Å². The Morgan fingerprint density at radius 1 is 0.923 bits per heavy atom. The van der Waals surface area contributed by atoms with Crippen LogP contribution in [0.3, 0.4) is 0 Å². The average molecular weight is 365 g/mol. The molecule has 0 unspecified atom stereocenters. The molecule has 0 bridgehead atoms. The number of benzene rings is 2. The van der Waals surface area contributed by atoms with E-state index in [1.54, 1.807) is 11.3 Å². The van der Waals surface area contributed by atoms with Crippen molar-refractivity contribution in [2.75, 3.05) is 27.2 Å². The first-order valence-electron chi connectivity index (χ1n) is 8.93. The third-order valence-corrected chi connectivity index (χ3v) is 5.51. The van der Waals surface area contributed by atoms with Crippen LogP contribution in [-0.2, 0) is 11.3 Å². The van der Waals surface area contributed by atoms with Crippen molar-refractivity contribution < 1.29 is 9.47 Å². The monoisotopic (exact) mass is 365 g/mol. The fraction of sp³-hybridized carbons (Fsp3) is 0.273. The topological polar surface area (TPSA) is 21.7 Å². The molecule has 0 radical (unpaired) electrons. The minimum Gasteiger partial charge on any atom is -0.456 e. The lowest BCUT2D eigenvalue weighted by atomic mass is 9.97. The van der Waals surface area contributed by atoms with Gasteiger partial charge in [-0.15, -0.1) is 11.3 Å². The lowest BCUT2D eigenvalue weighted by molar-refractivity contribution is 0.115. The third-order valence-electron chi connectivity index (χ3n) is 4.55. The molecule has 0 atom stereocenters. The molecule has 4 heteroatoms. The van der Waals surface area contributed by atoms with Crippen molar-refractivity contribution in [1.29, 1.82) is 0 Å². The number of nitrogens with zero attached hydrogens (tertiary/aromatic N) is 1. The Bertz CT molecular complexity index is 901. The molecule has 1 aliphatic heterocycles. The van der Waals surface area contributed by atoms with E-state index in [2.05, 4.69) is 48.6 Å². The Morgan fingerprint density at radius 2 is 1.62 bits per heavy atom. The maximum absolute atomic E-state index is 6.23. The molecule has 0 saturated carbocycles. The Morgan fingerprint density at radius 3 is 2.38 bits per heavy atom. The van der Waals surface area contributed by atoms with Crippen LogP contribution in [0.5, 0.6) is 11.5 Å². The maximum Gasteiger partial charge on any atom is 0.135 e. The van der Waals surface area contributed by atoms with Crippen LogP contribution in [0.25, 0.3) is 22.3 Å². The van der Waals surface area contributed by atoms with Gasteiger partial charge in [-0.1, -0.05) is 36.4 Å². The summed E-state index contributed by atoms with van der Waals surface area (Å²) >= 11 is 1.78. The van der Waals surface area contributed by atoms with Crippen LogP contribution < -0.4 is 4.74 Å². The molecule has 26 heavy (non-hydrogen) atoms. The zero-order valence-corrected chi connectivity index (χ0v) is 16.0. The summed E-state index contributed by atoms with van der Waals surface area (Å²) in [6.45, 7) is 2.47. The van der Waals surface area contributed by atoms with Gasteiger partial charge in [-0.05, 0) is 44.6 Å². The fourth-order valence-corrected chi connectivity index (χ4v) is 4.30. The smallest absolute Gasteiger partial charge is 0.135 e. The molecule has 0 amide bonds. The van der Waals surface area contributed by atoms with Crippen LogP contribution in [0.2, 0.25) is 0 Å². The first-order valence-corrected chi connectivity index (χ1v) is 9.81. The molecule has 0 N–H and O–H groups in total. The number of fused-ring (bicyclic) bond motifs is 5. The predicted octanol–water partition coefficient (Wildman–Crippen LogP) is 5.66. The quantitative estimate of drug-likeness (QED) is 0.412. The van der Waals surface area contributed by atoms with Gasteiger partial charge < -0.3 is 14.4 Å². The standard InChI is InChI=1S/C22H23NO2S/c1-23(2)12-7-13-24-14-21-22-17-9-4-6-11-20(17)25-19-10-5-3-8-16(19)18(22)15-26-21/h3-6,8-11,15H,7,12-14H2,1-2H3. The van der Waals surface area contributed by atoms with E-state index in [0.29, 0.717) is 6.61 Å². The second kappa shape index (κ2) is 7.62. The molecule has 0 saturated heterocycles. The molecule has 1 aromatic heterocycles. The number of thiophene rings is 1. The summed E-state index contributed by atoms with van der Waals surface area (Å²) in [6.07, 6.45) is 1.04. The molecule has 4 rings (SSSR count). The number of rotatable bonds is 6. The average Bonchev–Trinajstić information content (AvgIpc) is 2.99. The molecule has 0 spiro atoms. The first-order chi connectivity index (χ1) is 12.7. The van der Waals surface area contributed by atoms with Gasteiger partial charge in [-0.3, -0.25) is 0 Å². The molecule has 2 aromatic carbocycles. The van der Waals surface area contributed by atoms with Crippen molar-refractivity contribution in [3.05, 3.63) is 58.8 Å². The fourth-order valence-electron chi connectivity index (χ4n) is 3.30. The summed E-state index contributed by atoms with van der Waals surface area (Å²) in [5.74, 6) is 1.82. The number of hydrogen-bond acceptors (Lipinski definition) is 4. The van der Waals surface area contributed by atoms with E-state index in [9.17, 15) is 0 Å². The van der Waals surface area contributed by atoms with Crippen molar-refractivity contribution >= 4 is 11.3 Å². The Hall–Kier alpha value is -2.14. The molecule has 3 aromatic rings. The molecule has 2 heterocycles. The lowest BCUT2D eigenvalue weighted by Gasteiger charge is -2.11. The van der Waals surface area contributed by atoms with Gasteiger partial charge in [0.2, 0.25) is 0 Å². The SMILES string of the molecule is CN(C)CCCOCc1scc2c1-c1ccccc1Oc1ccccc1-2. The molecular weight excluding hydrogens is 342 g/mol. The van der Waals surface area contributed by atoms with Gasteiger partial charge in [-0.2, -0.15) is 0 Å². The largest absolute Gasteiger partial charge is 0.456 e. The van der Waals surface area contributed by atoms with E-state index in [1.807, 2.05) is 24.3 Å². The van der Waals surface area contributed by atoms with E-state index in [0.717, 1.165) is 42.2 Å². The summed E-state index contributed by atoms with van der Waals surface area (Å²) < 4.78 is 12.2. The highest BCUT2D eigenvalue weighted by Gasteiger charge is 2.24. The second-order valence-electron chi connectivity index (χ2n) is 6.75. The summed E-state index contributed by atoms with van der Waals surface area (Å²) in [5, 5.41) is 2.23. The predicted molar refractivity (Wildman–Crippen MR) is 108 cm³/mol. The molecule has 134 valence electrons. The lowest BCUT2D eigenvalue weighted by Crippen LogP contribution is -2.14.